The van der Waals surface area contributed by atoms with Crippen LogP contribution in [0.25, 0.3) is 0 Å². The van der Waals surface area contributed by atoms with Gasteiger partial charge in [-0.3, -0.25) is 0 Å². The molecule has 1 aliphatic rings. The molecule has 94 valence electrons. The van der Waals surface area contributed by atoms with E-state index in [-0.39, 0.29) is 6.10 Å². The molecule has 3 nitrogen and oxygen atoms in total. The van der Waals surface area contributed by atoms with Gasteiger partial charge in [-0.2, -0.15) is 0 Å². The molecule has 0 amide bonds. The molecule has 1 aromatic carbocycles. The molecule has 0 spiro atoms. The first-order valence-corrected chi connectivity index (χ1v) is 6.26. The van der Waals surface area contributed by atoms with Crippen LogP contribution >= 0.6 is 11.6 Å². The highest BCUT2D eigenvalue weighted by molar-refractivity contribution is 6.31. The van der Waals surface area contributed by atoms with Crippen LogP contribution in [0.1, 0.15) is 18.9 Å². The summed E-state index contributed by atoms with van der Waals surface area (Å²) in [6.45, 7) is 3.63. The van der Waals surface area contributed by atoms with Crippen LogP contribution in [0.2, 0.25) is 5.02 Å². The summed E-state index contributed by atoms with van der Waals surface area (Å²) in [7, 11) is 1.66. The summed E-state index contributed by atoms with van der Waals surface area (Å²) in [6.07, 6.45) is 1.32. The summed E-state index contributed by atoms with van der Waals surface area (Å²) in [5.74, 6) is 0.830. The van der Waals surface area contributed by atoms with Gasteiger partial charge in [-0.05, 0) is 25.5 Å². The summed E-state index contributed by atoms with van der Waals surface area (Å²) in [5, 5.41) is 4.21. The minimum absolute atomic E-state index is 0.267. The fourth-order valence-electron chi connectivity index (χ4n) is 2.13. The van der Waals surface area contributed by atoms with E-state index in [1.165, 1.54) is 0 Å². The van der Waals surface area contributed by atoms with Crippen molar-refractivity contribution in [2.45, 2.75) is 32.0 Å². The van der Waals surface area contributed by atoms with E-state index in [4.69, 9.17) is 21.1 Å². The van der Waals surface area contributed by atoms with Gasteiger partial charge >= 0.3 is 0 Å². The molecule has 0 aliphatic carbocycles. The Bertz CT molecular complexity index is 384. The van der Waals surface area contributed by atoms with Gasteiger partial charge in [0, 0.05) is 29.8 Å². The van der Waals surface area contributed by atoms with Crippen molar-refractivity contribution in [3.8, 4) is 5.75 Å². The predicted molar refractivity (Wildman–Crippen MR) is 68.7 cm³/mol. The van der Waals surface area contributed by atoms with Crippen molar-refractivity contribution in [1.82, 2.24) is 5.32 Å². The first kappa shape index (κ1) is 12.7. The smallest absolute Gasteiger partial charge is 0.124 e. The molecule has 2 rings (SSSR count). The Kier molecular flexibility index (Phi) is 4.26. The van der Waals surface area contributed by atoms with Crippen LogP contribution in [-0.4, -0.2) is 25.9 Å². The molecule has 0 aromatic heterocycles. The summed E-state index contributed by atoms with van der Waals surface area (Å²) < 4.78 is 10.8. The van der Waals surface area contributed by atoms with E-state index in [0.717, 1.165) is 29.4 Å². The van der Waals surface area contributed by atoms with Crippen molar-refractivity contribution >= 4 is 11.6 Å². The fourth-order valence-corrected chi connectivity index (χ4v) is 2.37. The second kappa shape index (κ2) is 5.71. The Morgan fingerprint density at radius 3 is 3.00 bits per heavy atom. The lowest BCUT2D eigenvalue weighted by Gasteiger charge is -2.17. The van der Waals surface area contributed by atoms with E-state index < -0.39 is 0 Å². The first-order valence-electron chi connectivity index (χ1n) is 5.88. The average Bonchev–Trinajstić information content (AvgIpc) is 2.73. The summed E-state index contributed by atoms with van der Waals surface area (Å²) in [5.41, 5.74) is 1.01. The molecule has 2 atom stereocenters. The van der Waals surface area contributed by atoms with Gasteiger partial charge in [-0.25, -0.2) is 0 Å². The number of benzene rings is 1. The van der Waals surface area contributed by atoms with E-state index in [9.17, 15) is 0 Å². The molecule has 0 saturated carbocycles. The Morgan fingerprint density at radius 2 is 2.35 bits per heavy atom. The third-order valence-corrected chi connectivity index (χ3v) is 3.57. The fraction of sp³-hybridized carbons (Fsp3) is 0.538. The molecule has 0 radical (unpaired) electrons. The molecule has 1 heterocycles. The van der Waals surface area contributed by atoms with E-state index in [0.29, 0.717) is 12.6 Å². The van der Waals surface area contributed by atoms with Crippen molar-refractivity contribution < 1.29 is 9.47 Å². The third kappa shape index (κ3) is 2.92. The highest BCUT2D eigenvalue weighted by atomic mass is 35.5. The second-order valence-corrected chi connectivity index (χ2v) is 4.68. The highest BCUT2D eigenvalue weighted by Crippen LogP contribution is 2.26. The number of hydrogen-bond acceptors (Lipinski definition) is 3. The van der Waals surface area contributed by atoms with Crippen LogP contribution in [0.15, 0.2) is 18.2 Å². The van der Waals surface area contributed by atoms with Gasteiger partial charge in [0.1, 0.15) is 5.75 Å². The number of methoxy groups -OCH3 is 1. The van der Waals surface area contributed by atoms with Crippen LogP contribution in [0, 0.1) is 0 Å². The molecule has 1 aliphatic heterocycles. The molecule has 1 N–H and O–H groups in total. The van der Waals surface area contributed by atoms with Crippen LogP contribution in [0.5, 0.6) is 5.75 Å². The number of hydrogen-bond donors (Lipinski definition) is 1. The van der Waals surface area contributed by atoms with Gasteiger partial charge in [0.05, 0.1) is 13.2 Å². The largest absolute Gasteiger partial charge is 0.496 e. The molecule has 2 unspecified atom stereocenters. The first-order chi connectivity index (χ1) is 8.22. The summed E-state index contributed by atoms with van der Waals surface area (Å²) in [6, 6.07) is 6.11. The molecular weight excluding hydrogens is 238 g/mol. The molecule has 0 bridgehead atoms. The molecule has 1 fully saturated rings. The lowest BCUT2D eigenvalue weighted by molar-refractivity contribution is 0.113. The zero-order valence-electron chi connectivity index (χ0n) is 10.2. The van der Waals surface area contributed by atoms with Gasteiger partial charge in [-0.15, -0.1) is 0 Å². The van der Waals surface area contributed by atoms with Gasteiger partial charge in [0.2, 0.25) is 0 Å². The lowest BCUT2D eigenvalue weighted by atomic mass is 10.1. The lowest BCUT2D eigenvalue weighted by Crippen LogP contribution is -2.34. The SMILES string of the molecule is COc1cccc(Cl)c1CNC1CCOC1C. The second-order valence-electron chi connectivity index (χ2n) is 4.27. The van der Waals surface area contributed by atoms with Crippen LogP contribution in [0.4, 0.5) is 0 Å². The van der Waals surface area contributed by atoms with Crippen molar-refractivity contribution in [2.24, 2.45) is 0 Å². The van der Waals surface area contributed by atoms with E-state index in [1.807, 2.05) is 18.2 Å². The van der Waals surface area contributed by atoms with Crippen molar-refractivity contribution in [3.05, 3.63) is 28.8 Å². The minimum atomic E-state index is 0.267. The Labute approximate surface area is 107 Å². The van der Waals surface area contributed by atoms with Gasteiger partial charge in [0.15, 0.2) is 0 Å². The minimum Gasteiger partial charge on any atom is -0.496 e. The summed E-state index contributed by atoms with van der Waals surface area (Å²) in [4.78, 5) is 0. The van der Waals surface area contributed by atoms with E-state index >= 15 is 0 Å². The van der Waals surface area contributed by atoms with E-state index in [1.54, 1.807) is 7.11 Å². The van der Waals surface area contributed by atoms with Crippen molar-refractivity contribution in [3.63, 3.8) is 0 Å². The number of rotatable bonds is 4. The van der Waals surface area contributed by atoms with Crippen molar-refractivity contribution in [2.75, 3.05) is 13.7 Å². The zero-order valence-corrected chi connectivity index (χ0v) is 11.0. The van der Waals surface area contributed by atoms with Gasteiger partial charge < -0.3 is 14.8 Å². The molecule has 17 heavy (non-hydrogen) atoms. The van der Waals surface area contributed by atoms with Gasteiger partial charge in [-0.1, -0.05) is 17.7 Å². The number of nitrogens with one attached hydrogen (secondary N) is 1. The maximum Gasteiger partial charge on any atom is 0.124 e. The molecule has 4 heteroatoms. The van der Waals surface area contributed by atoms with E-state index in [2.05, 4.69) is 12.2 Å². The molecule has 1 aromatic rings. The van der Waals surface area contributed by atoms with Gasteiger partial charge in [0.25, 0.3) is 0 Å². The maximum absolute atomic E-state index is 6.18. The average molecular weight is 256 g/mol. The summed E-state index contributed by atoms with van der Waals surface area (Å²) >= 11 is 6.18. The van der Waals surface area contributed by atoms with Crippen LogP contribution in [-0.2, 0) is 11.3 Å². The Morgan fingerprint density at radius 1 is 1.53 bits per heavy atom. The zero-order chi connectivity index (χ0) is 12.3. The topological polar surface area (TPSA) is 30.5 Å². The molecular formula is C13H18ClNO2. The number of ether oxygens (including phenoxy) is 2. The highest BCUT2D eigenvalue weighted by Gasteiger charge is 2.23. The van der Waals surface area contributed by atoms with Crippen LogP contribution in [0.3, 0.4) is 0 Å². The Hall–Kier alpha value is -0.770. The molecule has 1 saturated heterocycles. The third-order valence-electron chi connectivity index (χ3n) is 3.21. The standard InChI is InChI=1S/C13H18ClNO2/c1-9-12(6-7-17-9)15-8-10-11(14)4-3-5-13(10)16-2/h3-5,9,12,15H,6-8H2,1-2H3. The normalized spacial score (nSPS) is 23.9. The monoisotopic (exact) mass is 255 g/mol. The quantitative estimate of drug-likeness (QED) is 0.897. The van der Waals surface area contributed by atoms with Crippen LogP contribution < -0.4 is 10.1 Å². The maximum atomic E-state index is 6.18. The Balaban J connectivity index is 2.03. The predicted octanol–water partition coefficient (Wildman–Crippen LogP) is 2.62. The number of halogens is 1. The van der Waals surface area contributed by atoms with Crippen molar-refractivity contribution in [1.29, 1.82) is 0 Å².